The van der Waals surface area contributed by atoms with Crippen LogP contribution in [0.15, 0.2) is 64.7 Å². The normalized spacial score (nSPS) is 10.2. The number of benzene rings is 2. The zero-order valence-corrected chi connectivity index (χ0v) is 18.2. The lowest BCUT2D eigenvalue weighted by molar-refractivity contribution is -0.146. The highest BCUT2D eigenvalue weighted by atomic mass is 35.5. The van der Waals surface area contributed by atoms with Crippen molar-refractivity contribution in [1.29, 1.82) is 0 Å². The molecule has 0 saturated carbocycles. The molecule has 1 aromatic heterocycles. The van der Waals surface area contributed by atoms with Gasteiger partial charge in [-0.05, 0) is 50.2 Å². The number of hydrogen-bond acceptors (Lipinski definition) is 9. The second kappa shape index (κ2) is 11.0. The smallest absolute Gasteiger partial charge is 0.347 e. The van der Waals surface area contributed by atoms with Crippen LogP contribution in [0, 0.1) is 0 Å². The predicted molar refractivity (Wildman–Crippen MR) is 119 cm³/mol. The van der Waals surface area contributed by atoms with Gasteiger partial charge in [0, 0.05) is 16.8 Å². The van der Waals surface area contributed by atoms with Crippen molar-refractivity contribution < 1.29 is 23.5 Å². The molecule has 32 heavy (non-hydrogen) atoms. The molecule has 0 amide bonds. The minimum Gasteiger partial charge on any atom is -0.462 e. The molecule has 2 aromatic carbocycles. The standard InChI is InChI=1S/C22H21ClN4O5/c1-3-30-20(28)16(21(29)31-4-2)13-24-17-7-5-6-8-18(17)25-22-27-26-19(32-22)14-9-11-15(23)12-10-14/h5-13,24H,3-4H2,1-2H3,(H,25,27). The highest BCUT2D eigenvalue weighted by Gasteiger charge is 2.21. The van der Waals surface area contributed by atoms with Crippen molar-refractivity contribution in [2.24, 2.45) is 0 Å². The summed E-state index contributed by atoms with van der Waals surface area (Å²) in [5.41, 5.74) is 1.58. The summed E-state index contributed by atoms with van der Waals surface area (Å²) in [6, 6.07) is 14.2. The summed E-state index contributed by atoms with van der Waals surface area (Å²) in [5.74, 6) is -1.25. The van der Waals surface area contributed by atoms with Crippen molar-refractivity contribution in [3.8, 4) is 11.5 Å². The van der Waals surface area contributed by atoms with E-state index in [1.807, 2.05) is 0 Å². The summed E-state index contributed by atoms with van der Waals surface area (Å²) >= 11 is 5.91. The van der Waals surface area contributed by atoms with Gasteiger partial charge in [-0.3, -0.25) is 0 Å². The van der Waals surface area contributed by atoms with E-state index in [2.05, 4.69) is 20.8 Å². The molecule has 0 fully saturated rings. The highest BCUT2D eigenvalue weighted by Crippen LogP contribution is 2.27. The fourth-order valence-electron chi connectivity index (χ4n) is 2.58. The van der Waals surface area contributed by atoms with E-state index < -0.39 is 11.9 Å². The SMILES string of the molecule is CCOC(=O)C(=CNc1ccccc1Nc1nnc(-c2ccc(Cl)cc2)o1)C(=O)OCC. The molecule has 0 aliphatic rings. The van der Waals surface area contributed by atoms with E-state index in [0.717, 1.165) is 5.56 Å². The number of aromatic nitrogens is 2. The van der Waals surface area contributed by atoms with E-state index in [1.165, 1.54) is 6.20 Å². The third kappa shape index (κ3) is 5.86. The van der Waals surface area contributed by atoms with Crippen molar-refractivity contribution >= 4 is 40.9 Å². The Morgan fingerprint density at radius 2 is 1.59 bits per heavy atom. The minimum atomic E-state index is -0.784. The van der Waals surface area contributed by atoms with Gasteiger partial charge in [0.2, 0.25) is 5.89 Å². The van der Waals surface area contributed by atoms with Gasteiger partial charge in [-0.2, -0.15) is 0 Å². The molecule has 0 radical (unpaired) electrons. The number of para-hydroxylation sites is 2. The monoisotopic (exact) mass is 456 g/mol. The average Bonchev–Trinajstić information content (AvgIpc) is 3.24. The summed E-state index contributed by atoms with van der Waals surface area (Å²) in [5, 5.41) is 14.6. The van der Waals surface area contributed by atoms with Gasteiger partial charge in [0.05, 0.1) is 24.6 Å². The number of carbonyl (C=O) groups is 2. The fourth-order valence-corrected chi connectivity index (χ4v) is 2.71. The Morgan fingerprint density at radius 1 is 0.969 bits per heavy atom. The number of ether oxygens (including phenoxy) is 2. The number of nitrogens with zero attached hydrogens (tertiary/aromatic N) is 2. The van der Waals surface area contributed by atoms with Crippen molar-refractivity contribution in [3.63, 3.8) is 0 Å². The number of anilines is 3. The number of carbonyl (C=O) groups excluding carboxylic acids is 2. The van der Waals surface area contributed by atoms with E-state index >= 15 is 0 Å². The quantitative estimate of drug-likeness (QED) is 0.207. The molecule has 0 spiro atoms. The molecule has 10 heteroatoms. The molecule has 0 bridgehead atoms. The average molecular weight is 457 g/mol. The van der Waals surface area contributed by atoms with Crippen molar-refractivity contribution in [2.75, 3.05) is 23.8 Å². The third-order valence-corrected chi connectivity index (χ3v) is 4.30. The van der Waals surface area contributed by atoms with Gasteiger partial charge in [-0.15, -0.1) is 5.10 Å². The Labute approximate surface area is 189 Å². The van der Waals surface area contributed by atoms with Crippen LogP contribution in [0.1, 0.15) is 13.8 Å². The minimum absolute atomic E-state index is 0.126. The van der Waals surface area contributed by atoms with Gasteiger partial charge in [-0.25, -0.2) is 9.59 Å². The van der Waals surface area contributed by atoms with Crippen LogP contribution in [0.3, 0.4) is 0 Å². The van der Waals surface area contributed by atoms with Crippen LogP contribution < -0.4 is 10.6 Å². The van der Waals surface area contributed by atoms with Crippen molar-refractivity contribution in [3.05, 3.63) is 65.3 Å². The largest absolute Gasteiger partial charge is 0.462 e. The first-order valence-corrected chi connectivity index (χ1v) is 10.2. The van der Waals surface area contributed by atoms with Gasteiger partial charge in [0.15, 0.2) is 5.57 Å². The predicted octanol–water partition coefficient (Wildman–Crippen LogP) is 4.56. The molecule has 0 unspecified atom stereocenters. The molecule has 0 aliphatic heterocycles. The van der Waals surface area contributed by atoms with Crippen molar-refractivity contribution in [1.82, 2.24) is 10.2 Å². The molecular formula is C22H21ClN4O5. The Balaban J connectivity index is 1.79. The van der Waals surface area contributed by atoms with Gasteiger partial charge >= 0.3 is 18.0 Å². The summed E-state index contributed by atoms with van der Waals surface area (Å²) in [6.07, 6.45) is 1.24. The van der Waals surface area contributed by atoms with Crippen molar-refractivity contribution in [2.45, 2.75) is 13.8 Å². The highest BCUT2D eigenvalue weighted by molar-refractivity contribution is 6.30. The molecule has 1 heterocycles. The van der Waals surface area contributed by atoms with Crippen LogP contribution in [0.5, 0.6) is 0 Å². The Morgan fingerprint density at radius 3 is 2.22 bits per heavy atom. The number of rotatable bonds is 9. The van der Waals surface area contributed by atoms with Gasteiger partial charge in [0.25, 0.3) is 0 Å². The van der Waals surface area contributed by atoms with Crippen LogP contribution >= 0.6 is 11.6 Å². The zero-order valence-electron chi connectivity index (χ0n) is 17.4. The second-order valence-electron chi connectivity index (χ2n) is 6.23. The molecule has 166 valence electrons. The first-order valence-electron chi connectivity index (χ1n) is 9.78. The lowest BCUT2D eigenvalue weighted by atomic mass is 10.2. The van der Waals surface area contributed by atoms with Crippen LogP contribution in [-0.4, -0.2) is 35.3 Å². The maximum Gasteiger partial charge on any atom is 0.347 e. The number of nitrogens with one attached hydrogen (secondary N) is 2. The molecule has 9 nitrogen and oxygen atoms in total. The summed E-state index contributed by atoms with van der Waals surface area (Å²) in [4.78, 5) is 24.3. The maximum absolute atomic E-state index is 12.1. The van der Waals surface area contributed by atoms with Crippen LogP contribution in [0.2, 0.25) is 5.02 Å². The number of esters is 2. The van der Waals surface area contributed by atoms with Crippen LogP contribution in [-0.2, 0) is 19.1 Å². The lowest BCUT2D eigenvalue weighted by Gasteiger charge is -2.11. The first-order chi connectivity index (χ1) is 15.5. The summed E-state index contributed by atoms with van der Waals surface area (Å²) in [7, 11) is 0. The number of halogens is 1. The molecular weight excluding hydrogens is 436 g/mol. The van der Waals surface area contributed by atoms with Gasteiger partial charge < -0.3 is 24.5 Å². The Hall–Kier alpha value is -3.85. The fraction of sp³-hybridized carbons (Fsp3) is 0.182. The molecule has 0 saturated heterocycles. The van der Waals surface area contributed by atoms with E-state index in [9.17, 15) is 9.59 Å². The molecule has 2 N–H and O–H groups in total. The van der Waals surface area contributed by atoms with Gasteiger partial charge in [0.1, 0.15) is 0 Å². The molecule has 0 aliphatic carbocycles. The molecule has 3 rings (SSSR count). The van der Waals surface area contributed by atoms with Gasteiger partial charge in [-0.1, -0.05) is 28.8 Å². The first kappa shape index (κ1) is 22.8. The summed E-state index contributed by atoms with van der Waals surface area (Å²) < 4.78 is 15.5. The maximum atomic E-state index is 12.1. The van der Waals surface area contributed by atoms with E-state index in [4.69, 9.17) is 25.5 Å². The van der Waals surface area contributed by atoms with Crippen LogP contribution in [0.25, 0.3) is 11.5 Å². The Kier molecular flexibility index (Phi) is 7.82. The second-order valence-corrected chi connectivity index (χ2v) is 6.67. The van der Waals surface area contributed by atoms with E-state index in [0.29, 0.717) is 22.3 Å². The molecule has 0 atom stereocenters. The zero-order chi connectivity index (χ0) is 22.9. The van der Waals surface area contributed by atoms with E-state index in [1.54, 1.807) is 62.4 Å². The van der Waals surface area contributed by atoms with Crippen LogP contribution in [0.4, 0.5) is 17.4 Å². The summed E-state index contributed by atoms with van der Waals surface area (Å²) in [6.45, 7) is 3.55. The Bertz CT molecular complexity index is 1090. The molecule has 3 aromatic rings. The third-order valence-electron chi connectivity index (χ3n) is 4.05. The topological polar surface area (TPSA) is 116 Å². The lowest BCUT2D eigenvalue weighted by Crippen LogP contribution is -2.19. The number of hydrogen-bond donors (Lipinski definition) is 2. The van der Waals surface area contributed by atoms with E-state index in [-0.39, 0.29) is 24.8 Å².